The molecule has 0 aromatic heterocycles. The van der Waals surface area contributed by atoms with Crippen LogP contribution < -0.4 is 0 Å². The molecule has 4 heteroatoms. The van der Waals surface area contributed by atoms with Gasteiger partial charge in [-0.1, -0.05) is 40.7 Å². The van der Waals surface area contributed by atoms with Crippen LogP contribution >= 0.6 is 0 Å². The van der Waals surface area contributed by atoms with Gasteiger partial charge < -0.3 is 14.6 Å². The summed E-state index contributed by atoms with van der Waals surface area (Å²) in [4.78, 5) is 0. The van der Waals surface area contributed by atoms with Gasteiger partial charge in [-0.05, 0) is 36.0 Å². The number of aliphatic hydroxyl groups excluding tert-OH is 2. The molecule has 0 spiro atoms. The van der Waals surface area contributed by atoms with Crippen LogP contribution in [0, 0.1) is 5.92 Å². The number of aliphatic hydroxyl groups is 2. The van der Waals surface area contributed by atoms with Crippen LogP contribution in [-0.2, 0) is 4.43 Å². The molecule has 0 fully saturated rings. The standard InChI is InChI=1S/C16H32O3Si/c1-11(2)13-9-8-12(10-14(17)15(13)18)19-20(6,7)16(3,4)5/h9,11-12,14-15,17-18H,8,10H2,1-7H3/t12-,14-,15+/m0/s1. The summed E-state index contributed by atoms with van der Waals surface area (Å²) in [5.74, 6) is 0.256. The minimum absolute atomic E-state index is 0.0109. The first-order chi connectivity index (χ1) is 8.95. The van der Waals surface area contributed by atoms with Gasteiger partial charge in [-0.25, -0.2) is 0 Å². The van der Waals surface area contributed by atoms with Crippen molar-refractivity contribution in [2.75, 3.05) is 0 Å². The van der Waals surface area contributed by atoms with Gasteiger partial charge in [-0.3, -0.25) is 0 Å². The molecule has 2 N–H and O–H groups in total. The maximum atomic E-state index is 10.2. The zero-order chi connectivity index (χ0) is 15.7. The maximum absolute atomic E-state index is 10.2. The molecule has 3 atom stereocenters. The molecule has 0 radical (unpaired) electrons. The van der Waals surface area contributed by atoms with Gasteiger partial charge in [0, 0.05) is 6.42 Å². The molecule has 118 valence electrons. The minimum Gasteiger partial charge on any atom is -0.414 e. The largest absolute Gasteiger partial charge is 0.414 e. The first-order valence-corrected chi connectivity index (χ1v) is 10.6. The molecule has 0 aliphatic heterocycles. The maximum Gasteiger partial charge on any atom is 0.192 e. The lowest BCUT2D eigenvalue weighted by Crippen LogP contribution is -2.44. The summed E-state index contributed by atoms with van der Waals surface area (Å²) in [5.41, 5.74) is 0.943. The SMILES string of the molecule is CC(C)C1=CC[C@H](O[Si](C)(C)C(C)(C)C)C[C@H](O)[C@@H]1O. The number of hydrogen-bond acceptors (Lipinski definition) is 3. The Kier molecular flexibility index (Phi) is 5.64. The van der Waals surface area contributed by atoms with E-state index in [9.17, 15) is 10.2 Å². The Balaban J connectivity index is 2.85. The zero-order valence-electron chi connectivity index (χ0n) is 14.1. The third-order valence-corrected chi connectivity index (χ3v) is 9.30. The van der Waals surface area contributed by atoms with Gasteiger partial charge in [-0.2, -0.15) is 0 Å². The third-order valence-electron chi connectivity index (χ3n) is 4.76. The highest BCUT2D eigenvalue weighted by Crippen LogP contribution is 2.39. The van der Waals surface area contributed by atoms with Gasteiger partial charge in [0.1, 0.15) is 6.10 Å². The van der Waals surface area contributed by atoms with E-state index >= 15 is 0 Å². The van der Waals surface area contributed by atoms with Gasteiger partial charge in [-0.15, -0.1) is 0 Å². The number of rotatable bonds is 3. The monoisotopic (exact) mass is 300 g/mol. The Labute approximate surface area is 125 Å². The average molecular weight is 301 g/mol. The van der Waals surface area contributed by atoms with E-state index in [1.807, 2.05) is 0 Å². The smallest absolute Gasteiger partial charge is 0.192 e. The fourth-order valence-corrected chi connectivity index (χ4v) is 3.75. The second kappa shape index (κ2) is 6.30. The lowest BCUT2D eigenvalue weighted by molar-refractivity contribution is 0.0106. The van der Waals surface area contributed by atoms with E-state index in [-0.39, 0.29) is 17.1 Å². The summed E-state index contributed by atoms with van der Waals surface area (Å²) in [6, 6.07) is 0. The van der Waals surface area contributed by atoms with Crippen molar-refractivity contribution in [3.05, 3.63) is 11.6 Å². The second-order valence-electron chi connectivity index (χ2n) is 7.84. The van der Waals surface area contributed by atoms with Crippen molar-refractivity contribution in [1.29, 1.82) is 0 Å². The third kappa shape index (κ3) is 4.17. The molecule has 1 aliphatic rings. The highest BCUT2D eigenvalue weighted by molar-refractivity contribution is 6.74. The summed E-state index contributed by atoms with van der Waals surface area (Å²) in [5, 5.41) is 20.6. The van der Waals surface area contributed by atoms with Crippen LogP contribution in [0.2, 0.25) is 18.1 Å². The topological polar surface area (TPSA) is 49.7 Å². The molecule has 1 rings (SSSR count). The van der Waals surface area contributed by atoms with Gasteiger partial charge in [0.15, 0.2) is 8.32 Å². The lowest BCUT2D eigenvalue weighted by atomic mass is 9.94. The summed E-state index contributed by atoms with van der Waals surface area (Å²) in [6.07, 6.45) is 1.92. The van der Waals surface area contributed by atoms with Crippen molar-refractivity contribution in [3.63, 3.8) is 0 Å². The van der Waals surface area contributed by atoms with Crippen molar-refractivity contribution < 1.29 is 14.6 Å². The quantitative estimate of drug-likeness (QED) is 0.620. The average Bonchev–Trinajstić information content (AvgIpc) is 2.37. The van der Waals surface area contributed by atoms with E-state index < -0.39 is 20.5 Å². The zero-order valence-corrected chi connectivity index (χ0v) is 15.1. The normalized spacial score (nSPS) is 29.3. The summed E-state index contributed by atoms with van der Waals surface area (Å²) in [7, 11) is -1.84. The highest BCUT2D eigenvalue weighted by atomic mass is 28.4. The fraction of sp³-hybridized carbons (Fsp3) is 0.875. The van der Waals surface area contributed by atoms with Crippen LogP contribution in [-0.4, -0.2) is 36.8 Å². The Hall–Kier alpha value is -0.163. The van der Waals surface area contributed by atoms with Crippen molar-refractivity contribution in [2.24, 2.45) is 5.92 Å². The van der Waals surface area contributed by atoms with Crippen molar-refractivity contribution in [1.82, 2.24) is 0 Å². The second-order valence-corrected chi connectivity index (χ2v) is 12.6. The Bertz CT molecular complexity index is 355. The van der Waals surface area contributed by atoms with E-state index in [2.05, 4.69) is 53.8 Å². The lowest BCUT2D eigenvalue weighted by Gasteiger charge is -2.39. The van der Waals surface area contributed by atoms with Crippen LogP contribution in [0.15, 0.2) is 11.6 Å². The first-order valence-electron chi connectivity index (χ1n) is 7.69. The van der Waals surface area contributed by atoms with Gasteiger partial charge in [0.2, 0.25) is 0 Å². The summed E-state index contributed by atoms with van der Waals surface area (Å²) in [6.45, 7) is 15.2. The molecular weight excluding hydrogens is 268 g/mol. The molecule has 0 heterocycles. The fourth-order valence-electron chi connectivity index (χ4n) is 2.37. The van der Waals surface area contributed by atoms with Crippen molar-refractivity contribution >= 4 is 8.32 Å². The summed E-state index contributed by atoms with van der Waals surface area (Å²) >= 11 is 0. The Morgan fingerprint density at radius 3 is 2.25 bits per heavy atom. The van der Waals surface area contributed by atoms with Crippen LogP contribution in [0.25, 0.3) is 0 Å². The molecule has 0 aromatic rings. The van der Waals surface area contributed by atoms with E-state index in [1.165, 1.54) is 0 Å². The Morgan fingerprint density at radius 2 is 1.80 bits per heavy atom. The minimum atomic E-state index is -1.84. The summed E-state index contributed by atoms with van der Waals surface area (Å²) < 4.78 is 6.39. The first kappa shape index (κ1) is 17.9. The van der Waals surface area contributed by atoms with E-state index in [4.69, 9.17) is 4.43 Å². The predicted octanol–water partition coefficient (Wildman–Crippen LogP) is 3.47. The van der Waals surface area contributed by atoms with E-state index in [0.717, 1.165) is 12.0 Å². The molecule has 0 saturated carbocycles. The van der Waals surface area contributed by atoms with Crippen LogP contribution in [0.4, 0.5) is 0 Å². The molecule has 3 nitrogen and oxygen atoms in total. The highest BCUT2D eigenvalue weighted by Gasteiger charge is 2.40. The molecule has 1 aliphatic carbocycles. The molecule has 0 unspecified atom stereocenters. The molecule has 0 aromatic carbocycles. The van der Waals surface area contributed by atoms with Crippen molar-refractivity contribution in [2.45, 2.75) is 83.9 Å². The molecular formula is C16H32O3Si. The molecule has 20 heavy (non-hydrogen) atoms. The van der Waals surface area contributed by atoms with Gasteiger partial charge in [0.25, 0.3) is 0 Å². The Morgan fingerprint density at radius 1 is 1.25 bits per heavy atom. The van der Waals surface area contributed by atoms with Gasteiger partial charge >= 0.3 is 0 Å². The van der Waals surface area contributed by atoms with E-state index in [0.29, 0.717) is 6.42 Å². The van der Waals surface area contributed by atoms with Crippen LogP contribution in [0.3, 0.4) is 0 Å². The predicted molar refractivity (Wildman–Crippen MR) is 86.2 cm³/mol. The van der Waals surface area contributed by atoms with Crippen LogP contribution in [0.5, 0.6) is 0 Å². The molecule has 0 amide bonds. The number of hydrogen-bond donors (Lipinski definition) is 2. The van der Waals surface area contributed by atoms with Crippen LogP contribution in [0.1, 0.15) is 47.5 Å². The van der Waals surface area contributed by atoms with Gasteiger partial charge in [0.05, 0.1) is 12.2 Å². The van der Waals surface area contributed by atoms with E-state index in [1.54, 1.807) is 0 Å². The van der Waals surface area contributed by atoms with Crippen molar-refractivity contribution in [3.8, 4) is 0 Å². The molecule has 0 bridgehead atoms. The molecule has 0 saturated heterocycles.